The number of rotatable bonds is 7. The number of nitrogens with one attached hydrogen (secondary N) is 2. The maximum absolute atomic E-state index is 14.4. The van der Waals surface area contributed by atoms with Crippen molar-refractivity contribution in [3.63, 3.8) is 0 Å². The zero-order chi connectivity index (χ0) is 24.7. The summed E-state index contributed by atoms with van der Waals surface area (Å²) in [6.45, 7) is 0.0614. The Hall–Kier alpha value is -4.41. The molecule has 0 amide bonds. The summed E-state index contributed by atoms with van der Waals surface area (Å²) < 4.78 is 35.1. The lowest BCUT2D eigenvalue weighted by Gasteiger charge is -2.16. The third-order valence-corrected chi connectivity index (χ3v) is 5.84. The minimum absolute atomic E-state index is 0.0249. The molecule has 11 heteroatoms. The van der Waals surface area contributed by atoms with Crippen LogP contribution < -0.4 is 21.3 Å². The number of fused-ring (bicyclic) bond motifs is 1. The van der Waals surface area contributed by atoms with Crippen molar-refractivity contribution < 1.29 is 13.5 Å². The zero-order valence-corrected chi connectivity index (χ0v) is 18.7. The van der Waals surface area contributed by atoms with Gasteiger partial charge in [-0.1, -0.05) is 6.07 Å². The molecule has 4 aromatic rings. The van der Waals surface area contributed by atoms with Gasteiger partial charge in [-0.2, -0.15) is 0 Å². The summed E-state index contributed by atoms with van der Waals surface area (Å²) in [5.74, 6) is -0.540. The highest BCUT2D eigenvalue weighted by atomic mass is 19.1. The van der Waals surface area contributed by atoms with E-state index in [0.717, 1.165) is 12.8 Å². The van der Waals surface area contributed by atoms with Crippen LogP contribution in [0.5, 0.6) is 5.75 Å². The molecule has 2 aromatic carbocycles. The van der Waals surface area contributed by atoms with Gasteiger partial charge in [0, 0.05) is 11.6 Å². The van der Waals surface area contributed by atoms with E-state index < -0.39 is 17.2 Å². The molecule has 2 heterocycles. The van der Waals surface area contributed by atoms with Crippen LogP contribution in [0.25, 0.3) is 10.9 Å². The second kappa shape index (κ2) is 8.75. The topological polar surface area (TPSA) is 132 Å². The van der Waals surface area contributed by atoms with Gasteiger partial charge >= 0.3 is 0 Å². The highest BCUT2D eigenvalue weighted by Gasteiger charge is 2.29. The van der Waals surface area contributed by atoms with Gasteiger partial charge in [-0.3, -0.25) is 14.8 Å². The summed E-state index contributed by atoms with van der Waals surface area (Å²) in [7, 11) is 1.35. The van der Waals surface area contributed by atoms with Gasteiger partial charge in [-0.15, -0.1) is 0 Å². The molecule has 5 rings (SSSR count). The first-order valence-electron chi connectivity index (χ1n) is 10.9. The minimum atomic E-state index is -0.624. The molecule has 1 aliphatic rings. The first-order chi connectivity index (χ1) is 16.9. The monoisotopic (exact) mass is 477 g/mol. The Morgan fingerprint density at radius 3 is 2.74 bits per heavy atom. The van der Waals surface area contributed by atoms with Crippen LogP contribution in [0.4, 0.5) is 20.4 Å². The number of nitrogen functional groups attached to an aromatic ring is 1. The van der Waals surface area contributed by atoms with Gasteiger partial charge in [0.25, 0.3) is 5.56 Å². The zero-order valence-electron chi connectivity index (χ0n) is 18.7. The molecule has 0 saturated heterocycles. The normalized spacial score (nSPS) is 13.1. The molecule has 9 nitrogen and oxygen atoms in total. The van der Waals surface area contributed by atoms with Crippen molar-refractivity contribution in [3.05, 3.63) is 81.7 Å². The molecule has 35 heavy (non-hydrogen) atoms. The first-order valence-corrected chi connectivity index (χ1v) is 10.9. The van der Waals surface area contributed by atoms with Gasteiger partial charge in [0.1, 0.15) is 35.0 Å². The highest BCUT2D eigenvalue weighted by Crippen LogP contribution is 2.35. The molecule has 1 saturated carbocycles. The van der Waals surface area contributed by atoms with E-state index in [1.807, 2.05) is 0 Å². The average molecular weight is 477 g/mol. The van der Waals surface area contributed by atoms with Crippen molar-refractivity contribution in [1.29, 1.82) is 5.41 Å². The molecule has 0 bridgehead atoms. The summed E-state index contributed by atoms with van der Waals surface area (Å²) in [5, 5.41) is 11.7. The third kappa shape index (κ3) is 4.05. The van der Waals surface area contributed by atoms with Crippen molar-refractivity contribution in [2.45, 2.75) is 25.4 Å². The Balaban J connectivity index is 1.52. The first kappa shape index (κ1) is 22.4. The molecule has 0 aliphatic heterocycles. The predicted octanol–water partition coefficient (Wildman–Crippen LogP) is 3.42. The van der Waals surface area contributed by atoms with Crippen molar-refractivity contribution in [1.82, 2.24) is 19.5 Å². The van der Waals surface area contributed by atoms with Gasteiger partial charge in [-0.25, -0.2) is 23.7 Å². The molecule has 1 fully saturated rings. The van der Waals surface area contributed by atoms with Crippen LogP contribution in [0.15, 0.2) is 47.5 Å². The number of benzene rings is 2. The van der Waals surface area contributed by atoms with Gasteiger partial charge in [0.15, 0.2) is 11.6 Å². The fourth-order valence-electron chi connectivity index (χ4n) is 3.99. The van der Waals surface area contributed by atoms with Crippen molar-refractivity contribution in [2.75, 3.05) is 18.2 Å². The molecule has 4 N–H and O–H groups in total. The second-order valence-electron chi connectivity index (χ2n) is 8.13. The van der Waals surface area contributed by atoms with E-state index in [9.17, 15) is 13.6 Å². The molecular formula is C24H21F2N7O2. The van der Waals surface area contributed by atoms with Crippen LogP contribution in [0.2, 0.25) is 0 Å². The standard InChI is InChI=1S/C24H21F2N7O2/c1-35-17-8-5-12(9-15(17)26)21(27)20-22(28)30-11-31-23(20)29-10-18-32-16-4-2-3-14(25)19(16)24(34)33(18)13-6-7-13/h2-5,8-9,11,13,27H,6-7,10H2,1H3,(H3,28,29,30,31). The van der Waals surface area contributed by atoms with E-state index in [2.05, 4.69) is 20.3 Å². The number of hydrogen-bond donors (Lipinski definition) is 3. The fourth-order valence-corrected chi connectivity index (χ4v) is 3.99. The molecule has 1 aliphatic carbocycles. The van der Waals surface area contributed by atoms with Gasteiger partial charge in [0.2, 0.25) is 0 Å². The van der Waals surface area contributed by atoms with E-state index in [1.165, 1.54) is 48.3 Å². The van der Waals surface area contributed by atoms with Crippen molar-refractivity contribution >= 4 is 28.3 Å². The molecule has 2 aromatic heterocycles. The van der Waals surface area contributed by atoms with Crippen LogP contribution in [-0.4, -0.2) is 32.3 Å². The Morgan fingerprint density at radius 2 is 2.03 bits per heavy atom. The Bertz CT molecular complexity index is 1530. The van der Waals surface area contributed by atoms with Crippen molar-refractivity contribution in [2.24, 2.45) is 0 Å². The summed E-state index contributed by atoms with van der Waals surface area (Å²) in [5.41, 5.74) is 6.21. The third-order valence-electron chi connectivity index (χ3n) is 5.84. The molecule has 0 radical (unpaired) electrons. The van der Waals surface area contributed by atoms with Crippen LogP contribution >= 0.6 is 0 Å². The number of anilines is 2. The number of methoxy groups -OCH3 is 1. The van der Waals surface area contributed by atoms with E-state index >= 15 is 0 Å². The van der Waals surface area contributed by atoms with Gasteiger partial charge < -0.3 is 15.8 Å². The summed E-state index contributed by atoms with van der Waals surface area (Å²) >= 11 is 0. The average Bonchev–Trinajstić information content (AvgIpc) is 3.67. The SMILES string of the molecule is COc1ccc(C(=N)c2c(N)ncnc2NCc2nc3cccc(F)c3c(=O)n2C2CC2)cc1F. The highest BCUT2D eigenvalue weighted by molar-refractivity contribution is 6.16. The number of ether oxygens (including phenoxy) is 1. The number of hydrogen-bond acceptors (Lipinski definition) is 8. The fraction of sp³-hybridized carbons (Fsp3) is 0.208. The van der Waals surface area contributed by atoms with Crippen LogP contribution in [0.1, 0.15) is 35.8 Å². The summed E-state index contributed by atoms with van der Waals surface area (Å²) in [6.07, 6.45) is 2.84. The van der Waals surface area contributed by atoms with Crippen molar-refractivity contribution in [3.8, 4) is 5.75 Å². The van der Waals surface area contributed by atoms with E-state index in [-0.39, 0.29) is 57.7 Å². The Kier molecular flexibility index (Phi) is 5.59. The number of aromatic nitrogens is 4. The van der Waals surface area contributed by atoms with Crippen LogP contribution in [-0.2, 0) is 6.54 Å². The molecule has 178 valence electrons. The molecule has 0 atom stereocenters. The lowest BCUT2D eigenvalue weighted by molar-refractivity contribution is 0.386. The number of halogens is 2. The van der Waals surface area contributed by atoms with Crippen LogP contribution in [0.3, 0.4) is 0 Å². The molecular weight excluding hydrogens is 456 g/mol. The minimum Gasteiger partial charge on any atom is -0.494 e. The Morgan fingerprint density at radius 1 is 1.23 bits per heavy atom. The largest absolute Gasteiger partial charge is 0.494 e. The van der Waals surface area contributed by atoms with E-state index in [1.54, 1.807) is 6.07 Å². The maximum atomic E-state index is 14.4. The van der Waals surface area contributed by atoms with Crippen LogP contribution in [0, 0.1) is 17.0 Å². The lowest BCUT2D eigenvalue weighted by atomic mass is 10.0. The Labute approximate surface area is 198 Å². The molecule has 0 spiro atoms. The lowest BCUT2D eigenvalue weighted by Crippen LogP contribution is -2.27. The summed E-state index contributed by atoms with van der Waals surface area (Å²) in [6, 6.07) is 8.39. The maximum Gasteiger partial charge on any atom is 0.264 e. The smallest absolute Gasteiger partial charge is 0.264 e. The quantitative estimate of drug-likeness (QED) is 0.348. The van der Waals surface area contributed by atoms with E-state index in [0.29, 0.717) is 5.82 Å². The molecule has 0 unspecified atom stereocenters. The van der Waals surface area contributed by atoms with Gasteiger partial charge in [0.05, 0.1) is 30.4 Å². The number of nitrogens with two attached hydrogens (primary N) is 1. The second-order valence-corrected chi connectivity index (χ2v) is 8.13. The predicted molar refractivity (Wildman–Crippen MR) is 127 cm³/mol. The van der Waals surface area contributed by atoms with E-state index in [4.69, 9.17) is 15.9 Å². The van der Waals surface area contributed by atoms with Gasteiger partial charge in [-0.05, 0) is 43.2 Å². The summed E-state index contributed by atoms with van der Waals surface area (Å²) in [4.78, 5) is 25.8. The number of nitrogens with zero attached hydrogens (tertiary/aromatic N) is 4.